The van der Waals surface area contributed by atoms with Crippen LogP contribution >= 0.6 is 11.6 Å². The van der Waals surface area contributed by atoms with Crippen LogP contribution in [0.1, 0.15) is 33.3 Å². The fraction of sp³-hybridized carbons (Fsp3) is 0.350. The maximum absolute atomic E-state index is 12.4. The maximum atomic E-state index is 12.4. The summed E-state index contributed by atoms with van der Waals surface area (Å²) in [6, 6.07) is 8.81. The lowest BCUT2D eigenvalue weighted by Gasteiger charge is -2.22. The third-order valence-electron chi connectivity index (χ3n) is 4.63. The number of guanidine groups is 1. The SMILES string of the molecule is CCNC(=NCCN1C(=O)c2ccccc2C1=O)N(C)Cc1cc(Cl)cn1C. The number of aromatic nitrogens is 1. The van der Waals surface area contributed by atoms with Crippen LogP contribution in [0.25, 0.3) is 0 Å². The van der Waals surface area contributed by atoms with Gasteiger partial charge in [-0.05, 0) is 25.1 Å². The van der Waals surface area contributed by atoms with Crippen molar-refractivity contribution in [3.63, 3.8) is 0 Å². The monoisotopic (exact) mass is 401 g/mol. The molecule has 1 aliphatic rings. The van der Waals surface area contributed by atoms with Crippen LogP contribution < -0.4 is 5.32 Å². The van der Waals surface area contributed by atoms with E-state index in [1.165, 1.54) is 4.90 Å². The van der Waals surface area contributed by atoms with Crippen molar-refractivity contribution in [1.29, 1.82) is 0 Å². The van der Waals surface area contributed by atoms with Gasteiger partial charge < -0.3 is 14.8 Å². The number of benzene rings is 1. The number of fused-ring (bicyclic) bond motifs is 1. The van der Waals surface area contributed by atoms with E-state index in [9.17, 15) is 9.59 Å². The number of imide groups is 1. The number of rotatable bonds is 6. The second kappa shape index (κ2) is 8.48. The van der Waals surface area contributed by atoms with Gasteiger partial charge >= 0.3 is 0 Å². The van der Waals surface area contributed by atoms with Crippen LogP contribution in [0.5, 0.6) is 0 Å². The second-order valence-electron chi connectivity index (χ2n) is 6.66. The molecule has 28 heavy (non-hydrogen) atoms. The summed E-state index contributed by atoms with van der Waals surface area (Å²) >= 11 is 6.06. The molecule has 148 valence electrons. The Hall–Kier alpha value is -2.80. The predicted molar refractivity (Wildman–Crippen MR) is 110 cm³/mol. The summed E-state index contributed by atoms with van der Waals surface area (Å²) in [5.74, 6) is 0.191. The van der Waals surface area contributed by atoms with Crippen LogP contribution in [0.2, 0.25) is 5.02 Å². The fourth-order valence-electron chi connectivity index (χ4n) is 3.21. The van der Waals surface area contributed by atoms with Crippen LogP contribution in [0, 0.1) is 0 Å². The Labute approximate surface area is 169 Å². The first kappa shape index (κ1) is 19.9. The molecule has 0 fully saturated rings. The summed E-state index contributed by atoms with van der Waals surface area (Å²) < 4.78 is 1.97. The summed E-state index contributed by atoms with van der Waals surface area (Å²) in [6.07, 6.45) is 1.86. The van der Waals surface area contributed by atoms with Crippen molar-refractivity contribution in [3.05, 3.63) is 58.4 Å². The van der Waals surface area contributed by atoms with Gasteiger partial charge in [0.05, 0.1) is 29.2 Å². The molecular formula is C20H24ClN5O2. The number of aryl methyl sites for hydroxylation is 1. The van der Waals surface area contributed by atoms with Crippen molar-refractivity contribution in [1.82, 2.24) is 19.7 Å². The topological polar surface area (TPSA) is 69.9 Å². The molecule has 0 unspecified atom stereocenters. The van der Waals surface area contributed by atoms with Crippen LogP contribution in [0.15, 0.2) is 41.5 Å². The maximum Gasteiger partial charge on any atom is 0.261 e. The number of aliphatic imine (C=N–C) groups is 1. The van der Waals surface area contributed by atoms with Gasteiger partial charge in [-0.25, -0.2) is 0 Å². The van der Waals surface area contributed by atoms with Crippen LogP contribution in [0.3, 0.4) is 0 Å². The Morgan fingerprint density at radius 1 is 1.21 bits per heavy atom. The first-order valence-corrected chi connectivity index (χ1v) is 9.55. The molecule has 1 aliphatic heterocycles. The number of hydrogen-bond donors (Lipinski definition) is 1. The molecule has 0 aliphatic carbocycles. The molecule has 2 amide bonds. The minimum Gasteiger partial charge on any atom is -0.357 e. The number of hydrogen-bond acceptors (Lipinski definition) is 3. The lowest BCUT2D eigenvalue weighted by molar-refractivity contribution is 0.0659. The lowest BCUT2D eigenvalue weighted by Crippen LogP contribution is -2.39. The minimum absolute atomic E-state index is 0.241. The normalized spacial score (nSPS) is 13.9. The van der Waals surface area contributed by atoms with Gasteiger partial charge in [-0.3, -0.25) is 19.5 Å². The van der Waals surface area contributed by atoms with Crippen LogP contribution in [0.4, 0.5) is 0 Å². The van der Waals surface area contributed by atoms with Gasteiger partial charge in [0.15, 0.2) is 5.96 Å². The Balaban J connectivity index is 1.66. The highest BCUT2D eigenvalue weighted by Crippen LogP contribution is 2.22. The van der Waals surface area contributed by atoms with E-state index in [0.29, 0.717) is 41.7 Å². The van der Waals surface area contributed by atoms with E-state index in [2.05, 4.69) is 10.3 Å². The number of nitrogens with zero attached hydrogens (tertiary/aromatic N) is 4. The number of amides is 2. The van der Waals surface area contributed by atoms with Crippen molar-refractivity contribution in [2.75, 3.05) is 26.7 Å². The third-order valence-corrected chi connectivity index (χ3v) is 4.84. The summed E-state index contributed by atoms with van der Waals surface area (Å²) in [7, 11) is 3.88. The Morgan fingerprint density at radius 3 is 2.39 bits per heavy atom. The molecule has 1 N–H and O–H groups in total. The van der Waals surface area contributed by atoms with E-state index in [1.54, 1.807) is 24.3 Å². The number of carbonyl (C=O) groups is 2. The Kier molecular flexibility index (Phi) is 6.04. The molecule has 1 aromatic heterocycles. The van der Waals surface area contributed by atoms with Crippen LogP contribution in [-0.2, 0) is 13.6 Å². The molecule has 3 rings (SSSR count). The van der Waals surface area contributed by atoms with E-state index in [-0.39, 0.29) is 18.4 Å². The average Bonchev–Trinajstić information content (AvgIpc) is 3.11. The quantitative estimate of drug-likeness (QED) is 0.458. The highest BCUT2D eigenvalue weighted by molar-refractivity contribution is 6.30. The molecule has 0 radical (unpaired) electrons. The van der Waals surface area contributed by atoms with E-state index < -0.39 is 0 Å². The van der Waals surface area contributed by atoms with Gasteiger partial charge in [0.1, 0.15) is 0 Å². The zero-order chi connectivity index (χ0) is 20.3. The van der Waals surface area contributed by atoms with Crippen molar-refractivity contribution >= 4 is 29.4 Å². The molecular weight excluding hydrogens is 378 g/mol. The fourth-order valence-corrected chi connectivity index (χ4v) is 3.48. The largest absolute Gasteiger partial charge is 0.357 e. The standard InChI is InChI=1S/C20H24ClN5O2/c1-4-22-20(25(3)13-15-11-14(21)12-24(15)2)23-9-10-26-18(27)16-7-5-6-8-17(16)19(26)28/h5-8,11-12H,4,9-10,13H2,1-3H3,(H,22,23). The highest BCUT2D eigenvalue weighted by Gasteiger charge is 2.34. The molecule has 7 nitrogen and oxygen atoms in total. The lowest BCUT2D eigenvalue weighted by atomic mass is 10.1. The predicted octanol–water partition coefficient (Wildman–Crippen LogP) is 2.37. The Bertz CT molecular complexity index is 886. The van der Waals surface area contributed by atoms with Crippen molar-refractivity contribution < 1.29 is 9.59 Å². The smallest absolute Gasteiger partial charge is 0.261 e. The minimum atomic E-state index is -0.257. The summed E-state index contributed by atoms with van der Waals surface area (Å²) in [5.41, 5.74) is 1.97. The summed E-state index contributed by atoms with van der Waals surface area (Å²) in [5, 5.41) is 3.93. The van der Waals surface area contributed by atoms with Crippen LogP contribution in [-0.4, -0.2) is 58.8 Å². The molecule has 0 bridgehead atoms. The van der Waals surface area contributed by atoms with Gasteiger partial charge in [-0.2, -0.15) is 0 Å². The molecule has 2 heterocycles. The molecule has 0 atom stereocenters. The molecule has 1 aromatic carbocycles. The summed E-state index contributed by atoms with van der Waals surface area (Å²) in [4.78, 5) is 32.7. The number of carbonyl (C=O) groups excluding carboxylic acids is 2. The van der Waals surface area contributed by atoms with Crippen molar-refractivity contribution in [2.45, 2.75) is 13.5 Å². The van der Waals surface area contributed by atoms with Gasteiger partial charge in [0.2, 0.25) is 0 Å². The second-order valence-corrected chi connectivity index (χ2v) is 7.10. The van der Waals surface area contributed by atoms with Gasteiger partial charge in [0.25, 0.3) is 11.8 Å². The zero-order valence-electron chi connectivity index (χ0n) is 16.3. The van der Waals surface area contributed by atoms with E-state index >= 15 is 0 Å². The van der Waals surface area contributed by atoms with E-state index in [0.717, 1.165) is 5.69 Å². The molecule has 0 spiro atoms. The molecule has 0 saturated carbocycles. The number of halogens is 1. The summed E-state index contributed by atoms with van der Waals surface area (Å²) in [6.45, 7) is 3.90. The Morgan fingerprint density at radius 2 is 1.86 bits per heavy atom. The molecule has 8 heteroatoms. The van der Waals surface area contributed by atoms with E-state index in [4.69, 9.17) is 11.6 Å². The zero-order valence-corrected chi connectivity index (χ0v) is 17.0. The highest BCUT2D eigenvalue weighted by atomic mass is 35.5. The molecule has 0 saturated heterocycles. The molecule has 2 aromatic rings. The third kappa shape index (κ3) is 4.04. The van der Waals surface area contributed by atoms with E-state index in [1.807, 2.05) is 42.7 Å². The average molecular weight is 402 g/mol. The van der Waals surface area contributed by atoms with Gasteiger partial charge in [0, 0.05) is 39.1 Å². The van der Waals surface area contributed by atoms with Crippen molar-refractivity contribution in [3.8, 4) is 0 Å². The number of nitrogens with one attached hydrogen (secondary N) is 1. The first-order valence-electron chi connectivity index (χ1n) is 9.17. The van der Waals surface area contributed by atoms with Gasteiger partial charge in [-0.15, -0.1) is 0 Å². The van der Waals surface area contributed by atoms with Crippen molar-refractivity contribution in [2.24, 2.45) is 12.0 Å². The first-order chi connectivity index (χ1) is 13.4. The van der Waals surface area contributed by atoms with Gasteiger partial charge in [-0.1, -0.05) is 23.7 Å².